The number of fused-ring (bicyclic) bond motifs is 1. The highest BCUT2D eigenvalue weighted by atomic mass is 79.9. The maximum atomic E-state index is 13.9. The monoisotopic (exact) mass is 619 g/mol. The molecule has 5 rings (SSSR count). The van der Waals surface area contributed by atoms with Gasteiger partial charge in [-0.05, 0) is 62.6 Å². The molecule has 9 nitrogen and oxygen atoms in total. The molecule has 0 aliphatic carbocycles. The zero-order valence-electron chi connectivity index (χ0n) is 21.7. The van der Waals surface area contributed by atoms with E-state index in [2.05, 4.69) is 26.6 Å². The third-order valence-corrected chi connectivity index (χ3v) is 8.96. The first-order chi connectivity index (χ1) is 18.7. The van der Waals surface area contributed by atoms with Crippen LogP contribution in [0.3, 0.4) is 0 Å². The van der Waals surface area contributed by atoms with E-state index in [4.69, 9.17) is 21.1 Å². The van der Waals surface area contributed by atoms with Crippen molar-refractivity contribution in [1.29, 1.82) is 0 Å². The summed E-state index contributed by atoms with van der Waals surface area (Å²) >= 11 is 10.0. The number of benzene rings is 2. The normalized spacial score (nSPS) is 28.9. The van der Waals surface area contributed by atoms with Crippen LogP contribution in [0, 0.1) is 18.8 Å². The third kappa shape index (κ3) is 4.81. The average Bonchev–Trinajstić information content (AvgIpc) is 3.49. The number of nitrogens with zero attached hydrogens (tertiary/aromatic N) is 1. The van der Waals surface area contributed by atoms with E-state index in [-0.39, 0.29) is 36.2 Å². The van der Waals surface area contributed by atoms with Crippen LogP contribution in [0.2, 0.25) is 5.02 Å². The largest absolute Gasteiger partial charge is 0.494 e. The number of hydrogen-bond acceptors (Lipinski definition) is 6. The molecule has 11 heteroatoms. The van der Waals surface area contributed by atoms with Crippen molar-refractivity contribution in [2.24, 2.45) is 11.8 Å². The topological polar surface area (TPSA) is 117 Å². The molecule has 3 fully saturated rings. The van der Waals surface area contributed by atoms with E-state index in [1.54, 1.807) is 36.4 Å². The van der Waals surface area contributed by atoms with Crippen molar-refractivity contribution in [2.45, 2.75) is 49.3 Å². The Morgan fingerprint density at radius 1 is 1.21 bits per heavy atom. The molecule has 3 saturated heterocycles. The molecule has 3 unspecified atom stereocenters. The highest BCUT2D eigenvalue weighted by Crippen LogP contribution is 2.60. The Kier molecular flexibility index (Phi) is 7.92. The second-order valence-electron chi connectivity index (χ2n) is 10.1. The Balaban J connectivity index is 1.46. The van der Waals surface area contributed by atoms with Crippen molar-refractivity contribution in [3.05, 3.63) is 53.1 Å². The van der Waals surface area contributed by atoms with Crippen LogP contribution in [0.5, 0.6) is 5.75 Å². The van der Waals surface area contributed by atoms with Gasteiger partial charge in [0.2, 0.25) is 17.7 Å². The number of para-hydroxylation sites is 1. The van der Waals surface area contributed by atoms with Gasteiger partial charge in [-0.15, -0.1) is 0 Å². The minimum Gasteiger partial charge on any atom is -0.494 e. The molecule has 1 spiro atoms. The van der Waals surface area contributed by atoms with Gasteiger partial charge in [0, 0.05) is 23.7 Å². The van der Waals surface area contributed by atoms with Gasteiger partial charge < -0.3 is 30.1 Å². The molecular formula is C28H31BrClN3O6. The van der Waals surface area contributed by atoms with Gasteiger partial charge >= 0.3 is 0 Å². The average molecular weight is 621 g/mol. The molecule has 2 bridgehead atoms. The number of likely N-dealkylation sites (tertiary alicyclic amines) is 1. The predicted molar refractivity (Wildman–Crippen MR) is 150 cm³/mol. The first kappa shape index (κ1) is 27.9. The van der Waals surface area contributed by atoms with Crippen LogP contribution in [0.25, 0.3) is 0 Å². The number of aryl methyl sites for hydroxylation is 1. The molecule has 6 atom stereocenters. The summed E-state index contributed by atoms with van der Waals surface area (Å²) in [6.07, 6.45) is 0.0861. The molecule has 2 aromatic carbocycles. The fourth-order valence-corrected chi connectivity index (χ4v) is 7.43. The van der Waals surface area contributed by atoms with E-state index < -0.39 is 35.5 Å². The van der Waals surface area contributed by atoms with Gasteiger partial charge in [0.1, 0.15) is 17.4 Å². The lowest BCUT2D eigenvalue weighted by Gasteiger charge is -2.34. The predicted octanol–water partition coefficient (Wildman–Crippen LogP) is 3.75. The summed E-state index contributed by atoms with van der Waals surface area (Å²) in [7, 11) is 0. The molecule has 39 heavy (non-hydrogen) atoms. The number of nitrogens with one attached hydrogen (secondary N) is 2. The molecule has 2 aromatic rings. The molecule has 0 radical (unpaired) electrons. The number of amides is 3. The molecular weight excluding hydrogens is 590 g/mol. The number of alkyl halides is 1. The number of aliphatic hydroxyl groups excluding tert-OH is 1. The van der Waals surface area contributed by atoms with E-state index in [0.717, 1.165) is 5.56 Å². The van der Waals surface area contributed by atoms with Crippen LogP contribution in [0.4, 0.5) is 11.4 Å². The quantitative estimate of drug-likeness (QED) is 0.368. The standard InChI is InChI=1S/C28H31BrClN3O6/c1-3-38-17-10-8-16(9-11-17)31-25(35)20-21-27(37)33(12-5-13-34)24(28(21)14-18(29)23(20)39-28)26(36)32-22-15(2)6-4-7-19(22)30/h4,6-11,18,20-21,23-24,34H,3,5,12-14H2,1-2H3,(H,31,35)(H,32,36)/t18?,20-,21-,23-,24?,28?/m0/s1. The molecule has 3 aliphatic heterocycles. The SMILES string of the molecule is CCOc1ccc(NC(=O)[C@H]2[C@H]3C(=O)N(CCCO)C(C(=O)Nc4c(C)cccc4Cl)C34CC(Br)[C@@H]2O4)cc1. The maximum Gasteiger partial charge on any atom is 0.250 e. The molecule has 3 N–H and O–H groups in total. The minimum atomic E-state index is -1.20. The third-order valence-electron chi connectivity index (χ3n) is 7.80. The van der Waals surface area contributed by atoms with Gasteiger partial charge in [0.15, 0.2) is 0 Å². The fourth-order valence-electron chi connectivity index (χ4n) is 6.22. The van der Waals surface area contributed by atoms with Crippen molar-refractivity contribution in [1.82, 2.24) is 4.90 Å². The van der Waals surface area contributed by atoms with Gasteiger partial charge in [0.25, 0.3) is 0 Å². The second kappa shape index (κ2) is 11.1. The number of aliphatic hydroxyl groups is 1. The zero-order valence-corrected chi connectivity index (χ0v) is 24.0. The lowest BCUT2D eigenvalue weighted by Crippen LogP contribution is -2.54. The van der Waals surface area contributed by atoms with E-state index in [9.17, 15) is 19.5 Å². The van der Waals surface area contributed by atoms with Crippen LogP contribution in [-0.4, -0.2) is 70.1 Å². The Bertz CT molecular complexity index is 1260. The summed E-state index contributed by atoms with van der Waals surface area (Å²) in [5.41, 5.74) is 0.605. The first-order valence-corrected chi connectivity index (χ1v) is 14.3. The fraction of sp³-hybridized carbons (Fsp3) is 0.464. The summed E-state index contributed by atoms with van der Waals surface area (Å²) < 4.78 is 12.0. The van der Waals surface area contributed by atoms with Crippen LogP contribution in [0.1, 0.15) is 25.3 Å². The molecule has 3 amide bonds. The molecule has 3 aliphatic rings. The number of anilines is 2. The molecule has 208 valence electrons. The van der Waals surface area contributed by atoms with Crippen LogP contribution >= 0.6 is 27.5 Å². The van der Waals surface area contributed by atoms with Gasteiger partial charge in [-0.1, -0.05) is 39.7 Å². The molecule has 0 aromatic heterocycles. The van der Waals surface area contributed by atoms with E-state index in [1.165, 1.54) is 4.90 Å². The van der Waals surface area contributed by atoms with Gasteiger partial charge in [-0.2, -0.15) is 0 Å². The Labute approximate surface area is 240 Å². The van der Waals surface area contributed by atoms with Gasteiger partial charge in [-0.25, -0.2) is 0 Å². The van der Waals surface area contributed by atoms with Crippen LogP contribution in [0.15, 0.2) is 42.5 Å². The summed E-state index contributed by atoms with van der Waals surface area (Å²) in [6.45, 7) is 4.26. The van der Waals surface area contributed by atoms with Crippen molar-refractivity contribution in [2.75, 3.05) is 30.4 Å². The summed E-state index contributed by atoms with van der Waals surface area (Å²) in [6, 6.07) is 11.3. The minimum absolute atomic E-state index is 0.147. The lowest BCUT2D eigenvalue weighted by atomic mass is 9.70. The summed E-state index contributed by atoms with van der Waals surface area (Å²) in [5, 5.41) is 15.7. The Morgan fingerprint density at radius 3 is 2.62 bits per heavy atom. The number of hydrogen-bond donors (Lipinski definition) is 3. The van der Waals surface area contributed by atoms with Gasteiger partial charge in [0.05, 0.1) is 35.3 Å². The van der Waals surface area contributed by atoms with Crippen molar-refractivity contribution >= 4 is 56.6 Å². The van der Waals surface area contributed by atoms with E-state index in [0.29, 0.717) is 35.2 Å². The Hall–Kier alpha value is -2.66. The lowest BCUT2D eigenvalue weighted by molar-refractivity contribution is -0.139. The van der Waals surface area contributed by atoms with E-state index >= 15 is 0 Å². The summed E-state index contributed by atoms with van der Waals surface area (Å²) in [4.78, 5) is 42.7. The van der Waals surface area contributed by atoms with Gasteiger partial charge in [-0.3, -0.25) is 14.4 Å². The van der Waals surface area contributed by atoms with Crippen molar-refractivity contribution < 1.29 is 29.0 Å². The van der Waals surface area contributed by atoms with Crippen LogP contribution in [-0.2, 0) is 19.1 Å². The summed E-state index contributed by atoms with van der Waals surface area (Å²) in [5.74, 6) is -2.08. The highest BCUT2D eigenvalue weighted by Gasteiger charge is 2.76. The number of carbonyl (C=O) groups excluding carboxylic acids is 3. The number of ether oxygens (including phenoxy) is 2. The number of halogens is 2. The second-order valence-corrected chi connectivity index (χ2v) is 11.7. The van der Waals surface area contributed by atoms with Crippen LogP contribution < -0.4 is 15.4 Å². The Morgan fingerprint density at radius 2 is 1.95 bits per heavy atom. The first-order valence-electron chi connectivity index (χ1n) is 13.0. The molecule has 0 saturated carbocycles. The van der Waals surface area contributed by atoms with E-state index in [1.807, 2.05) is 19.9 Å². The zero-order chi connectivity index (χ0) is 27.9. The highest BCUT2D eigenvalue weighted by molar-refractivity contribution is 9.09. The number of carbonyl (C=O) groups is 3. The smallest absolute Gasteiger partial charge is 0.250 e. The van der Waals surface area contributed by atoms with Crippen molar-refractivity contribution in [3.63, 3.8) is 0 Å². The maximum absolute atomic E-state index is 13.9. The molecule has 3 heterocycles. The van der Waals surface area contributed by atoms with Crippen molar-refractivity contribution in [3.8, 4) is 5.75 Å². The number of rotatable bonds is 9.